The molecule has 0 aliphatic carbocycles. The summed E-state index contributed by atoms with van der Waals surface area (Å²) in [4.78, 5) is 21.4. The quantitative estimate of drug-likeness (QED) is 0.506. The van der Waals surface area contributed by atoms with E-state index in [-0.39, 0.29) is 10.6 Å². The summed E-state index contributed by atoms with van der Waals surface area (Å²) < 4.78 is 25.7. The summed E-state index contributed by atoms with van der Waals surface area (Å²) in [7, 11) is -2.97. The number of hydrogen-bond donors (Lipinski definition) is 1. The minimum atomic E-state index is -2.97. The van der Waals surface area contributed by atoms with Gasteiger partial charge >= 0.3 is 5.97 Å². The SMILES string of the molecule is CC(O[SH](=O)=O)c1ccc(C(=O)OOC(C)(C)C)c(Cl)c1. The Labute approximate surface area is 130 Å². The Morgan fingerprint density at radius 3 is 2.38 bits per heavy atom. The molecule has 0 aromatic heterocycles. The highest BCUT2D eigenvalue weighted by atomic mass is 35.5. The molecule has 6 nitrogen and oxygen atoms in total. The number of carbonyl (C=O) groups excluding carboxylic acids is 1. The maximum Gasteiger partial charge on any atom is 0.374 e. The lowest BCUT2D eigenvalue weighted by Gasteiger charge is -2.17. The van der Waals surface area contributed by atoms with Gasteiger partial charge in [0.25, 0.3) is 11.0 Å². The highest BCUT2D eigenvalue weighted by molar-refractivity contribution is 7.67. The predicted octanol–water partition coefficient (Wildman–Crippen LogP) is 2.83. The second-order valence-corrected chi connectivity index (χ2v) is 6.34. The van der Waals surface area contributed by atoms with E-state index in [1.807, 2.05) is 0 Å². The number of rotatable bonds is 5. The summed E-state index contributed by atoms with van der Waals surface area (Å²) in [6.07, 6.45) is -0.695. The van der Waals surface area contributed by atoms with E-state index in [0.29, 0.717) is 5.56 Å². The highest BCUT2D eigenvalue weighted by Crippen LogP contribution is 2.25. The first kappa shape index (κ1) is 17.9. The van der Waals surface area contributed by atoms with Gasteiger partial charge < -0.3 is 0 Å². The van der Waals surface area contributed by atoms with Gasteiger partial charge in [0.05, 0.1) is 16.7 Å². The van der Waals surface area contributed by atoms with Crippen molar-refractivity contribution in [1.29, 1.82) is 0 Å². The zero-order valence-electron chi connectivity index (χ0n) is 12.1. The second kappa shape index (κ2) is 7.22. The Bertz CT molecular complexity index is 583. The largest absolute Gasteiger partial charge is 0.374 e. The summed E-state index contributed by atoms with van der Waals surface area (Å²) in [5.41, 5.74) is -0.00000178. The lowest BCUT2D eigenvalue weighted by Crippen LogP contribution is -2.22. The molecule has 0 amide bonds. The molecule has 0 radical (unpaired) electrons. The minimum absolute atomic E-state index is 0.114. The van der Waals surface area contributed by atoms with Crippen LogP contribution in [0.1, 0.15) is 49.7 Å². The molecule has 118 valence electrons. The molecule has 8 heteroatoms. The number of halogens is 1. The molecule has 1 unspecified atom stereocenters. The van der Waals surface area contributed by atoms with Gasteiger partial charge in [-0.1, -0.05) is 17.7 Å². The molecule has 21 heavy (non-hydrogen) atoms. The fourth-order valence-corrected chi connectivity index (χ4v) is 1.99. The minimum Gasteiger partial charge on any atom is -0.292 e. The number of thiol groups is 1. The molecule has 1 aromatic carbocycles. The molecule has 0 bridgehead atoms. The topological polar surface area (TPSA) is 78.9 Å². The van der Waals surface area contributed by atoms with Crippen molar-refractivity contribution in [3.8, 4) is 0 Å². The van der Waals surface area contributed by atoms with E-state index in [2.05, 4.69) is 9.07 Å². The maximum atomic E-state index is 11.8. The van der Waals surface area contributed by atoms with Gasteiger partial charge in [-0.05, 0) is 45.4 Å². The molecule has 1 atom stereocenters. The summed E-state index contributed by atoms with van der Waals surface area (Å²) in [5, 5.41) is 0.117. The van der Waals surface area contributed by atoms with Crippen LogP contribution < -0.4 is 0 Å². The maximum absolute atomic E-state index is 11.8. The third-order valence-electron chi connectivity index (χ3n) is 2.29. The van der Waals surface area contributed by atoms with Crippen LogP contribution in [0.25, 0.3) is 0 Å². The first-order valence-electron chi connectivity index (χ1n) is 6.11. The van der Waals surface area contributed by atoms with E-state index in [9.17, 15) is 13.2 Å². The Morgan fingerprint density at radius 2 is 1.90 bits per heavy atom. The van der Waals surface area contributed by atoms with Crippen LogP contribution in [-0.4, -0.2) is 20.0 Å². The fraction of sp³-hybridized carbons (Fsp3) is 0.462. The molecule has 0 fully saturated rings. The van der Waals surface area contributed by atoms with E-state index in [1.165, 1.54) is 18.2 Å². The van der Waals surface area contributed by atoms with Gasteiger partial charge in [-0.15, -0.1) is 0 Å². The monoisotopic (exact) mass is 336 g/mol. The Hall–Kier alpha value is -1.15. The molecule has 1 rings (SSSR count). The van der Waals surface area contributed by atoms with Crippen molar-refractivity contribution in [3.05, 3.63) is 34.3 Å². The van der Waals surface area contributed by atoms with Crippen molar-refractivity contribution >= 4 is 28.6 Å². The average molecular weight is 337 g/mol. The van der Waals surface area contributed by atoms with Crippen molar-refractivity contribution in [2.24, 2.45) is 0 Å². The summed E-state index contributed by atoms with van der Waals surface area (Å²) >= 11 is 5.99. The number of carbonyl (C=O) groups is 1. The number of benzene rings is 1. The van der Waals surface area contributed by atoms with E-state index in [0.717, 1.165) is 0 Å². The van der Waals surface area contributed by atoms with Crippen LogP contribution in [0, 0.1) is 0 Å². The van der Waals surface area contributed by atoms with Gasteiger partial charge in [-0.2, -0.15) is 4.89 Å². The van der Waals surface area contributed by atoms with Crippen molar-refractivity contribution in [2.45, 2.75) is 39.4 Å². The summed E-state index contributed by atoms with van der Waals surface area (Å²) in [6.45, 7) is 6.74. The average Bonchev–Trinajstić information content (AvgIpc) is 2.34. The third kappa shape index (κ3) is 6.01. The van der Waals surface area contributed by atoms with Gasteiger partial charge in [-0.3, -0.25) is 9.07 Å². The normalized spacial score (nSPS) is 13.2. The number of hydrogen-bond acceptors (Lipinski definition) is 6. The highest BCUT2D eigenvalue weighted by Gasteiger charge is 2.19. The third-order valence-corrected chi connectivity index (χ3v) is 3.10. The lowest BCUT2D eigenvalue weighted by atomic mass is 10.1. The standard InChI is InChI=1S/C13H17ClO6S/c1-8(19-21(16)17)9-5-6-10(11(14)7-9)12(15)18-20-13(2,3)4/h5-8,21H,1-4H3. The van der Waals surface area contributed by atoms with Crippen LogP contribution in [0.4, 0.5) is 0 Å². The van der Waals surface area contributed by atoms with Crippen LogP contribution in [0.2, 0.25) is 5.02 Å². The first-order valence-corrected chi connectivity index (χ1v) is 7.58. The van der Waals surface area contributed by atoms with Crippen molar-refractivity contribution in [3.63, 3.8) is 0 Å². The van der Waals surface area contributed by atoms with Crippen LogP contribution in [0.5, 0.6) is 0 Å². The molecular formula is C13H17ClO6S. The van der Waals surface area contributed by atoms with E-state index in [1.54, 1.807) is 27.7 Å². The smallest absolute Gasteiger partial charge is 0.292 e. The molecular weight excluding hydrogens is 320 g/mol. The molecule has 0 saturated carbocycles. The zero-order valence-corrected chi connectivity index (χ0v) is 13.7. The van der Waals surface area contributed by atoms with Gasteiger partial charge in [0.2, 0.25) is 0 Å². The van der Waals surface area contributed by atoms with E-state index >= 15 is 0 Å². The Kier molecular flexibility index (Phi) is 6.15. The molecule has 0 aliphatic rings. The zero-order chi connectivity index (χ0) is 16.2. The van der Waals surface area contributed by atoms with Crippen molar-refractivity contribution < 1.29 is 27.2 Å². The molecule has 0 spiro atoms. The molecule has 0 aliphatic heterocycles. The van der Waals surface area contributed by atoms with Crippen molar-refractivity contribution in [1.82, 2.24) is 0 Å². The van der Waals surface area contributed by atoms with Gasteiger partial charge in [0.1, 0.15) is 5.60 Å². The fourth-order valence-electron chi connectivity index (χ4n) is 1.35. The van der Waals surface area contributed by atoms with Crippen LogP contribution in [-0.2, 0) is 24.9 Å². The van der Waals surface area contributed by atoms with Gasteiger partial charge in [0.15, 0.2) is 0 Å². The molecule has 0 saturated heterocycles. The second-order valence-electron chi connectivity index (χ2n) is 5.28. The lowest BCUT2D eigenvalue weighted by molar-refractivity contribution is -0.301. The van der Waals surface area contributed by atoms with Crippen LogP contribution >= 0.6 is 11.6 Å². The summed E-state index contributed by atoms with van der Waals surface area (Å²) in [5.74, 6) is -0.732. The van der Waals surface area contributed by atoms with Crippen LogP contribution in [0.3, 0.4) is 0 Å². The van der Waals surface area contributed by atoms with Crippen LogP contribution in [0.15, 0.2) is 18.2 Å². The first-order chi connectivity index (χ1) is 9.60. The van der Waals surface area contributed by atoms with Gasteiger partial charge in [0, 0.05) is 0 Å². The Morgan fingerprint density at radius 1 is 1.29 bits per heavy atom. The predicted molar refractivity (Wildman–Crippen MR) is 77.5 cm³/mol. The molecule has 0 N–H and O–H groups in total. The Balaban J connectivity index is 2.85. The molecule has 1 aromatic rings. The summed E-state index contributed by atoms with van der Waals surface area (Å²) in [6, 6.07) is 4.39. The molecule has 0 heterocycles. The van der Waals surface area contributed by atoms with E-state index in [4.69, 9.17) is 16.5 Å². The van der Waals surface area contributed by atoms with Crippen molar-refractivity contribution in [2.75, 3.05) is 0 Å². The van der Waals surface area contributed by atoms with Gasteiger partial charge in [-0.25, -0.2) is 13.2 Å². The van der Waals surface area contributed by atoms with E-state index < -0.39 is 28.7 Å².